The summed E-state index contributed by atoms with van der Waals surface area (Å²) in [5.41, 5.74) is -1.89. The second-order valence-electron chi connectivity index (χ2n) is 8.47. The molecule has 13 heteroatoms. The minimum absolute atomic E-state index is 0.0803. The molecule has 188 valence electrons. The number of carbonyl (C=O) groups excluding carboxylic acids is 1. The molecule has 0 aliphatic carbocycles. The standard InChI is InChI=1S/C23H16ClF6N5O/c1-10-21-33-14(22(36)34-7-11(8-34)20(26)27)9-35(21)15-5-4-12(23(28,29)30)17(24)16(15)19(32-10)18-13(25)3-2-6-31-18/h2-6,9-11,20H,7-8H2,1H3/t10-/m0/s1. The molecule has 0 radical (unpaired) electrons. The molecular weight excluding hydrogens is 512 g/mol. The Balaban J connectivity index is 1.67. The first-order valence-electron chi connectivity index (χ1n) is 10.7. The lowest BCUT2D eigenvalue weighted by molar-refractivity contribution is -0.137. The Bertz CT molecular complexity index is 1400. The Hall–Kier alpha value is -3.41. The summed E-state index contributed by atoms with van der Waals surface area (Å²) in [7, 11) is 0. The van der Waals surface area contributed by atoms with Gasteiger partial charge in [-0.3, -0.25) is 14.8 Å². The summed E-state index contributed by atoms with van der Waals surface area (Å²) in [6.45, 7) is 1.30. The number of pyridine rings is 1. The number of aliphatic imine (C=N–C) groups is 1. The fourth-order valence-electron chi connectivity index (χ4n) is 4.25. The number of hydrogen-bond acceptors (Lipinski definition) is 4. The Labute approximate surface area is 205 Å². The van der Waals surface area contributed by atoms with E-state index in [1.165, 1.54) is 27.9 Å². The van der Waals surface area contributed by atoms with Gasteiger partial charge in [-0.25, -0.2) is 18.2 Å². The van der Waals surface area contributed by atoms with E-state index in [2.05, 4.69) is 15.0 Å². The number of aromatic nitrogens is 3. The molecule has 0 unspecified atom stereocenters. The molecule has 2 aliphatic heterocycles. The van der Waals surface area contributed by atoms with Gasteiger partial charge >= 0.3 is 6.18 Å². The van der Waals surface area contributed by atoms with Crippen LogP contribution < -0.4 is 0 Å². The summed E-state index contributed by atoms with van der Waals surface area (Å²) in [5.74, 6) is -2.16. The van der Waals surface area contributed by atoms with Crippen LogP contribution in [0.15, 0.2) is 41.7 Å². The van der Waals surface area contributed by atoms with Gasteiger partial charge in [0, 0.05) is 31.0 Å². The lowest BCUT2D eigenvalue weighted by Crippen LogP contribution is -2.52. The number of amides is 1. The number of carbonyl (C=O) groups is 1. The molecule has 0 bridgehead atoms. The van der Waals surface area contributed by atoms with Crippen molar-refractivity contribution < 1.29 is 31.1 Å². The van der Waals surface area contributed by atoms with E-state index in [0.29, 0.717) is 0 Å². The van der Waals surface area contributed by atoms with Crippen LogP contribution in [0.25, 0.3) is 5.69 Å². The van der Waals surface area contributed by atoms with Crippen molar-refractivity contribution in [3.63, 3.8) is 0 Å². The largest absolute Gasteiger partial charge is 0.417 e. The van der Waals surface area contributed by atoms with Crippen LogP contribution in [0.1, 0.15) is 46.1 Å². The molecule has 0 spiro atoms. The molecule has 1 saturated heterocycles. The van der Waals surface area contributed by atoms with Crippen molar-refractivity contribution in [2.45, 2.75) is 25.6 Å². The summed E-state index contributed by atoms with van der Waals surface area (Å²) < 4.78 is 82.8. The van der Waals surface area contributed by atoms with E-state index < -0.39 is 46.9 Å². The third kappa shape index (κ3) is 3.93. The third-order valence-electron chi connectivity index (χ3n) is 6.11. The number of hydrogen-bond donors (Lipinski definition) is 0. The molecule has 1 atom stereocenters. The maximum Gasteiger partial charge on any atom is 0.417 e. The first-order chi connectivity index (χ1) is 17.0. The number of likely N-dealkylation sites (tertiary alicyclic amines) is 1. The van der Waals surface area contributed by atoms with Gasteiger partial charge in [-0.15, -0.1) is 0 Å². The Morgan fingerprint density at radius 3 is 2.56 bits per heavy atom. The lowest BCUT2D eigenvalue weighted by Gasteiger charge is -2.38. The van der Waals surface area contributed by atoms with Crippen LogP contribution in [0, 0.1) is 11.7 Å². The molecule has 4 heterocycles. The predicted octanol–water partition coefficient (Wildman–Crippen LogP) is 5.33. The van der Waals surface area contributed by atoms with Crippen LogP contribution in [-0.4, -0.2) is 50.6 Å². The van der Waals surface area contributed by atoms with E-state index in [1.54, 1.807) is 6.92 Å². The van der Waals surface area contributed by atoms with Crippen molar-refractivity contribution in [1.82, 2.24) is 19.4 Å². The lowest BCUT2D eigenvalue weighted by atomic mass is 10.00. The highest BCUT2D eigenvalue weighted by Gasteiger charge is 2.40. The quantitative estimate of drug-likeness (QED) is 0.433. The third-order valence-corrected chi connectivity index (χ3v) is 6.50. The molecule has 2 aromatic heterocycles. The number of rotatable bonds is 3. The maximum absolute atomic E-state index is 14.7. The fourth-order valence-corrected chi connectivity index (χ4v) is 4.61. The van der Waals surface area contributed by atoms with Crippen LogP contribution in [0.2, 0.25) is 5.02 Å². The van der Waals surface area contributed by atoms with Crippen LogP contribution in [0.5, 0.6) is 0 Å². The molecule has 5 rings (SSSR count). The van der Waals surface area contributed by atoms with Gasteiger partial charge in [0.25, 0.3) is 5.91 Å². The van der Waals surface area contributed by atoms with Gasteiger partial charge in [0.1, 0.15) is 23.3 Å². The van der Waals surface area contributed by atoms with E-state index in [4.69, 9.17) is 11.6 Å². The van der Waals surface area contributed by atoms with Crippen molar-refractivity contribution in [3.05, 3.63) is 75.8 Å². The van der Waals surface area contributed by atoms with Crippen molar-refractivity contribution in [3.8, 4) is 5.69 Å². The highest BCUT2D eigenvalue weighted by Crippen LogP contribution is 2.42. The zero-order valence-electron chi connectivity index (χ0n) is 18.4. The number of fused-ring (bicyclic) bond motifs is 3. The second kappa shape index (κ2) is 8.61. The maximum atomic E-state index is 14.7. The molecule has 0 N–H and O–H groups in total. The first-order valence-corrected chi connectivity index (χ1v) is 11.1. The summed E-state index contributed by atoms with van der Waals surface area (Å²) >= 11 is 6.26. The minimum atomic E-state index is -4.81. The molecule has 0 saturated carbocycles. The van der Waals surface area contributed by atoms with Gasteiger partial charge < -0.3 is 9.47 Å². The minimum Gasteiger partial charge on any atom is -0.336 e. The zero-order valence-corrected chi connectivity index (χ0v) is 19.2. The molecule has 1 aromatic carbocycles. The fraction of sp³-hybridized carbons (Fsp3) is 0.304. The van der Waals surface area contributed by atoms with Gasteiger partial charge in [-0.05, 0) is 31.2 Å². The number of benzene rings is 1. The van der Waals surface area contributed by atoms with E-state index in [0.717, 1.165) is 18.2 Å². The van der Waals surface area contributed by atoms with E-state index in [1.807, 2.05) is 0 Å². The smallest absolute Gasteiger partial charge is 0.336 e. The highest BCUT2D eigenvalue weighted by atomic mass is 35.5. The van der Waals surface area contributed by atoms with E-state index in [-0.39, 0.29) is 47.3 Å². The Kier molecular flexibility index (Phi) is 5.81. The average molecular weight is 528 g/mol. The SMILES string of the molecule is C[C@@H]1N=C(c2ncccc2F)c2c(ccc(C(F)(F)F)c2Cl)-n2cc(C(=O)N3CC(C(F)F)C3)nc21. The Morgan fingerprint density at radius 2 is 1.92 bits per heavy atom. The van der Waals surface area contributed by atoms with Gasteiger partial charge in [0.2, 0.25) is 6.43 Å². The van der Waals surface area contributed by atoms with Crippen molar-refractivity contribution >= 4 is 23.2 Å². The van der Waals surface area contributed by atoms with Crippen molar-refractivity contribution in [2.75, 3.05) is 13.1 Å². The summed E-state index contributed by atoms with van der Waals surface area (Å²) in [6.07, 6.45) is -4.80. The van der Waals surface area contributed by atoms with Gasteiger partial charge in [-0.1, -0.05) is 11.6 Å². The number of halogens is 7. The molecule has 1 amide bonds. The molecule has 6 nitrogen and oxygen atoms in total. The van der Waals surface area contributed by atoms with E-state index >= 15 is 0 Å². The molecule has 36 heavy (non-hydrogen) atoms. The van der Waals surface area contributed by atoms with Gasteiger partial charge in [-0.2, -0.15) is 13.2 Å². The summed E-state index contributed by atoms with van der Waals surface area (Å²) in [4.78, 5) is 26.7. The van der Waals surface area contributed by atoms with Crippen LogP contribution >= 0.6 is 11.6 Å². The van der Waals surface area contributed by atoms with E-state index in [9.17, 15) is 31.1 Å². The van der Waals surface area contributed by atoms with Crippen LogP contribution in [-0.2, 0) is 6.18 Å². The monoisotopic (exact) mass is 527 g/mol. The summed E-state index contributed by atoms with van der Waals surface area (Å²) in [6, 6.07) is 3.47. The first kappa shape index (κ1) is 24.3. The number of alkyl halides is 5. The number of imidazole rings is 1. The normalized spacial score (nSPS) is 17.9. The molecule has 3 aromatic rings. The van der Waals surface area contributed by atoms with Gasteiger partial charge in [0.05, 0.1) is 27.9 Å². The molecule has 1 fully saturated rings. The average Bonchev–Trinajstić information content (AvgIpc) is 3.17. The van der Waals surface area contributed by atoms with Crippen molar-refractivity contribution in [1.29, 1.82) is 0 Å². The second-order valence-corrected chi connectivity index (χ2v) is 8.84. The molecular formula is C23H16ClF6N5O. The number of nitrogens with zero attached hydrogens (tertiary/aromatic N) is 5. The zero-order chi connectivity index (χ0) is 25.9. The van der Waals surface area contributed by atoms with Crippen LogP contribution in [0.4, 0.5) is 26.3 Å². The topological polar surface area (TPSA) is 63.4 Å². The summed E-state index contributed by atoms with van der Waals surface area (Å²) in [5, 5.41) is -0.715. The predicted molar refractivity (Wildman–Crippen MR) is 117 cm³/mol. The van der Waals surface area contributed by atoms with Crippen molar-refractivity contribution in [2.24, 2.45) is 10.9 Å². The van der Waals surface area contributed by atoms with Crippen LogP contribution in [0.3, 0.4) is 0 Å². The molecule has 2 aliphatic rings. The Morgan fingerprint density at radius 1 is 1.19 bits per heavy atom. The van der Waals surface area contributed by atoms with Gasteiger partial charge in [0.15, 0.2) is 5.82 Å². The highest BCUT2D eigenvalue weighted by molar-refractivity contribution is 6.37.